The zero-order chi connectivity index (χ0) is 16.0. The number of nitrogens with two attached hydrogens (primary N) is 1. The van der Waals surface area contributed by atoms with Gasteiger partial charge in [-0.3, -0.25) is 0 Å². The first-order valence-electron chi connectivity index (χ1n) is 7.12. The highest BCUT2D eigenvalue weighted by molar-refractivity contribution is 7.91. The molecule has 0 aliphatic heterocycles. The summed E-state index contributed by atoms with van der Waals surface area (Å²) < 4.78 is 34.1. The Bertz CT molecular complexity index is 543. The zero-order valence-corrected chi connectivity index (χ0v) is 14.8. The Morgan fingerprint density at radius 2 is 2.10 bits per heavy atom. The molecule has 1 rings (SSSR count). The Balaban J connectivity index is 3.27. The number of nitrogen functional groups attached to an aromatic ring is 1. The van der Waals surface area contributed by atoms with Crippen molar-refractivity contribution in [1.82, 2.24) is 4.37 Å². The van der Waals surface area contributed by atoms with Gasteiger partial charge in [0.05, 0.1) is 12.4 Å². The van der Waals surface area contributed by atoms with Crippen molar-refractivity contribution >= 4 is 32.2 Å². The molecule has 8 heteroatoms. The quantitative estimate of drug-likeness (QED) is 0.744. The first-order chi connectivity index (χ1) is 9.88. The SMILES string of the molecule is CCCS(=O)(=O)c1c(N)nsc1N(CCOC)C(C)CC. The summed E-state index contributed by atoms with van der Waals surface area (Å²) in [6.45, 7) is 7.10. The van der Waals surface area contributed by atoms with E-state index in [-0.39, 0.29) is 22.5 Å². The fraction of sp³-hybridized carbons (Fsp3) is 0.769. The lowest BCUT2D eigenvalue weighted by Gasteiger charge is -2.29. The molecule has 0 saturated carbocycles. The van der Waals surface area contributed by atoms with Crippen LogP contribution in [-0.2, 0) is 14.6 Å². The maximum atomic E-state index is 12.5. The van der Waals surface area contributed by atoms with Gasteiger partial charge in [-0.1, -0.05) is 13.8 Å². The fourth-order valence-corrected chi connectivity index (χ4v) is 4.94. The van der Waals surface area contributed by atoms with Crippen molar-refractivity contribution in [2.45, 2.75) is 44.6 Å². The molecule has 6 nitrogen and oxygen atoms in total. The van der Waals surface area contributed by atoms with Gasteiger partial charge in [-0.2, -0.15) is 4.37 Å². The normalized spacial score (nSPS) is 13.3. The number of anilines is 2. The van der Waals surface area contributed by atoms with Crippen LogP contribution in [0.4, 0.5) is 10.8 Å². The van der Waals surface area contributed by atoms with Gasteiger partial charge in [-0.25, -0.2) is 8.42 Å². The van der Waals surface area contributed by atoms with Crippen LogP contribution in [0.5, 0.6) is 0 Å². The summed E-state index contributed by atoms with van der Waals surface area (Å²) in [5, 5.41) is 0.632. The van der Waals surface area contributed by atoms with E-state index in [2.05, 4.69) is 18.2 Å². The molecule has 1 atom stereocenters. The van der Waals surface area contributed by atoms with Crippen molar-refractivity contribution in [1.29, 1.82) is 0 Å². The topological polar surface area (TPSA) is 85.5 Å². The third-order valence-electron chi connectivity index (χ3n) is 3.36. The van der Waals surface area contributed by atoms with Gasteiger partial charge >= 0.3 is 0 Å². The predicted molar refractivity (Wildman–Crippen MR) is 87.8 cm³/mol. The van der Waals surface area contributed by atoms with Crippen LogP contribution in [0.15, 0.2) is 4.90 Å². The van der Waals surface area contributed by atoms with E-state index in [1.165, 1.54) is 0 Å². The number of aromatic nitrogens is 1. The van der Waals surface area contributed by atoms with E-state index in [0.717, 1.165) is 18.0 Å². The molecule has 0 saturated heterocycles. The highest BCUT2D eigenvalue weighted by Gasteiger charge is 2.29. The van der Waals surface area contributed by atoms with Crippen molar-refractivity contribution in [2.75, 3.05) is 36.6 Å². The van der Waals surface area contributed by atoms with Crippen molar-refractivity contribution < 1.29 is 13.2 Å². The Morgan fingerprint density at radius 1 is 1.43 bits per heavy atom. The molecule has 1 unspecified atom stereocenters. The van der Waals surface area contributed by atoms with Crippen molar-refractivity contribution in [3.05, 3.63) is 0 Å². The number of hydrogen-bond donors (Lipinski definition) is 1. The van der Waals surface area contributed by atoms with Crippen molar-refractivity contribution in [3.8, 4) is 0 Å². The first kappa shape index (κ1) is 18.2. The third kappa shape index (κ3) is 4.31. The Hall–Kier alpha value is -0.860. The Labute approximate surface area is 131 Å². The lowest BCUT2D eigenvalue weighted by molar-refractivity contribution is 0.203. The molecule has 0 aliphatic carbocycles. The Kier molecular flexibility index (Phi) is 6.89. The summed E-state index contributed by atoms with van der Waals surface area (Å²) in [4.78, 5) is 2.21. The van der Waals surface area contributed by atoms with Crippen LogP contribution in [0.1, 0.15) is 33.6 Å². The van der Waals surface area contributed by atoms with Crippen molar-refractivity contribution in [3.63, 3.8) is 0 Å². The average Bonchev–Trinajstić information content (AvgIpc) is 2.81. The molecular formula is C13H25N3O3S2. The largest absolute Gasteiger partial charge is 0.383 e. The summed E-state index contributed by atoms with van der Waals surface area (Å²) in [5.41, 5.74) is 5.83. The van der Waals surface area contributed by atoms with E-state index in [4.69, 9.17) is 10.5 Å². The summed E-state index contributed by atoms with van der Waals surface area (Å²) in [5.74, 6) is 0.190. The molecule has 0 spiro atoms. The molecule has 1 heterocycles. The van der Waals surface area contributed by atoms with E-state index in [1.807, 2.05) is 11.8 Å². The van der Waals surface area contributed by atoms with Gasteiger partial charge in [-0.15, -0.1) is 0 Å². The van der Waals surface area contributed by atoms with E-state index < -0.39 is 9.84 Å². The molecule has 21 heavy (non-hydrogen) atoms. The third-order valence-corrected chi connectivity index (χ3v) is 6.36. The minimum absolute atomic E-state index is 0.0846. The molecule has 0 aromatic carbocycles. The van der Waals surface area contributed by atoms with Gasteiger partial charge < -0.3 is 15.4 Å². The van der Waals surface area contributed by atoms with Gasteiger partial charge in [-0.05, 0) is 31.3 Å². The van der Waals surface area contributed by atoms with Crippen LogP contribution in [0.2, 0.25) is 0 Å². The minimum atomic E-state index is -3.40. The minimum Gasteiger partial charge on any atom is -0.383 e. The molecule has 0 fully saturated rings. The molecule has 122 valence electrons. The number of methoxy groups -OCH3 is 1. The number of ether oxygens (including phenoxy) is 1. The molecule has 0 radical (unpaired) electrons. The standard InChI is InChI=1S/C13H25N3O3S2/c1-5-9-21(17,18)11-12(14)15-20-13(11)16(7-8-19-4)10(3)6-2/h10H,5-9H2,1-4H3,(H2,14,15). The highest BCUT2D eigenvalue weighted by Crippen LogP contribution is 2.36. The summed E-state index contributed by atoms with van der Waals surface area (Å²) in [6.07, 6.45) is 1.45. The monoisotopic (exact) mass is 335 g/mol. The van der Waals surface area contributed by atoms with Crippen molar-refractivity contribution in [2.24, 2.45) is 0 Å². The fourth-order valence-electron chi connectivity index (χ4n) is 2.06. The molecule has 0 bridgehead atoms. The molecule has 1 aromatic rings. The number of rotatable bonds is 9. The second-order valence-electron chi connectivity index (χ2n) is 4.96. The van der Waals surface area contributed by atoms with Gasteiger partial charge in [0.1, 0.15) is 9.90 Å². The number of nitrogens with zero attached hydrogens (tertiary/aromatic N) is 2. The van der Waals surface area contributed by atoms with Gasteiger partial charge in [0.2, 0.25) is 0 Å². The summed E-state index contributed by atoms with van der Waals surface area (Å²) >= 11 is 1.15. The number of sulfone groups is 1. The van der Waals surface area contributed by atoms with Crippen LogP contribution in [0, 0.1) is 0 Å². The zero-order valence-electron chi connectivity index (χ0n) is 13.1. The maximum absolute atomic E-state index is 12.5. The molecule has 0 amide bonds. The lowest BCUT2D eigenvalue weighted by atomic mass is 10.2. The second-order valence-corrected chi connectivity index (χ2v) is 7.76. The second kappa shape index (κ2) is 7.95. The van der Waals surface area contributed by atoms with Gasteiger partial charge in [0, 0.05) is 19.7 Å². The first-order valence-corrected chi connectivity index (χ1v) is 9.55. The van der Waals surface area contributed by atoms with Crippen LogP contribution < -0.4 is 10.6 Å². The van der Waals surface area contributed by atoms with Crippen LogP contribution >= 0.6 is 11.5 Å². The Morgan fingerprint density at radius 3 is 2.62 bits per heavy atom. The molecule has 0 aliphatic rings. The number of hydrogen-bond acceptors (Lipinski definition) is 7. The molecule has 2 N–H and O–H groups in total. The molecule has 1 aromatic heterocycles. The predicted octanol–water partition coefficient (Wildman–Crippen LogP) is 2.16. The van der Waals surface area contributed by atoms with Crippen LogP contribution in [0.25, 0.3) is 0 Å². The van der Waals surface area contributed by atoms with E-state index >= 15 is 0 Å². The smallest absolute Gasteiger partial charge is 0.185 e. The van der Waals surface area contributed by atoms with E-state index in [1.54, 1.807) is 7.11 Å². The maximum Gasteiger partial charge on any atom is 0.185 e. The van der Waals surface area contributed by atoms with Gasteiger partial charge in [0.25, 0.3) is 0 Å². The lowest BCUT2D eigenvalue weighted by Crippen LogP contribution is -2.35. The van der Waals surface area contributed by atoms with Crippen LogP contribution in [-0.4, -0.2) is 44.8 Å². The molecular weight excluding hydrogens is 310 g/mol. The average molecular weight is 335 g/mol. The van der Waals surface area contributed by atoms with E-state index in [0.29, 0.717) is 24.6 Å². The summed E-state index contributed by atoms with van der Waals surface area (Å²) in [6, 6.07) is 0.190. The van der Waals surface area contributed by atoms with E-state index in [9.17, 15) is 8.42 Å². The van der Waals surface area contributed by atoms with Gasteiger partial charge in [0.15, 0.2) is 15.7 Å². The van der Waals surface area contributed by atoms with Crippen LogP contribution in [0.3, 0.4) is 0 Å². The summed E-state index contributed by atoms with van der Waals surface area (Å²) in [7, 11) is -1.77. The highest BCUT2D eigenvalue weighted by atomic mass is 32.2.